The van der Waals surface area contributed by atoms with Crippen molar-refractivity contribution in [3.05, 3.63) is 0 Å². The quantitative estimate of drug-likeness (QED) is 0.568. The highest BCUT2D eigenvalue weighted by Gasteiger charge is 1.98. The van der Waals surface area contributed by atoms with Gasteiger partial charge in [0.25, 0.3) is 0 Å². The van der Waals surface area contributed by atoms with Gasteiger partial charge in [-0.3, -0.25) is 0 Å². The molecule has 0 spiro atoms. The van der Waals surface area contributed by atoms with Gasteiger partial charge >= 0.3 is 6.03 Å². The van der Waals surface area contributed by atoms with Crippen LogP contribution < -0.4 is 11.1 Å². The van der Waals surface area contributed by atoms with Crippen LogP contribution in [0.5, 0.6) is 0 Å². The third-order valence-electron chi connectivity index (χ3n) is 0.990. The molecular formula is C5H11N2O. The van der Waals surface area contributed by atoms with Gasteiger partial charge in [0, 0.05) is 6.04 Å². The standard InChI is InChI=1S/C5H11N2O/c1-3-4(2)7-5(6)8/h4,6H,3H2,1-2H3,(H,7,8). The Labute approximate surface area is 49.3 Å². The number of carbonyl (C=O) groups excluding carboxylic acids is 1. The summed E-state index contributed by atoms with van der Waals surface area (Å²) >= 11 is 0. The van der Waals surface area contributed by atoms with Gasteiger partial charge in [0.2, 0.25) is 0 Å². The van der Waals surface area contributed by atoms with Crippen molar-refractivity contribution in [1.29, 1.82) is 0 Å². The third kappa shape index (κ3) is 3.46. The maximum absolute atomic E-state index is 9.97. The maximum atomic E-state index is 9.97. The van der Waals surface area contributed by atoms with E-state index in [0.717, 1.165) is 6.42 Å². The number of hydrogen-bond acceptors (Lipinski definition) is 1. The molecule has 0 aliphatic carbocycles. The SMILES string of the molecule is CCC(C)NC([NH])=O. The number of amides is 2. The molecule has 3 nitrogen and oxygen atoms in total. The zero-order valence-corrected chi connectivity index (χ0v) is 5.19. The molecule has 0 aromatic heterocycles. The Morgan fingerprint density at radius 3 is 2.50 bits per heavy atom. The smallest absolute Gasteiger partial charge is 0.333 e. The first-order chi connectivity index (χ1) is 3.66. The largest absolute Gasteiger partial charge is 0.334 e. The Balaban J connectivity index is 3.24. The summed E-state index contributed by atoms with van der Waals surface area (Å²) in [5.41, 5.74) is 6.46. The topological polar surface area (TPSA) is 52.9 Å². The Bertz CT molecular complexity index is 82.5. The van der Waals surface area contributed by atoms with Crippen LogP contribution in [0.2, 0.25) is 0 Å². The molecule has 0 aromatic rings. The summed E-state index contributed by atoms with van der Waals surface area (Å²) in [6, 6.07) is -0.556. The molecule has 8 heavy (non-hydrogen) atoms. The summed E-state index contributed by atoms with van der Waals surface area (Å²) in [6.07, 6.45) is 0.880. The molecule has 2 amide bonds. The summed E-state index contributed by atoms with van der Waals surface area (Å²) in [4.78, 5) is 9.97. The molecule has 0 rings (SSSR count). The van der Waals surface area contributed by atoms with Crippen molar-refractivity contribution in [3.8, 4) is 0 Å². The molecule has 3 heteroatoms. The second kappa shape index (κ2) is 3.29. The molecule has 1 atom stereocenters. The highest BCUT2D eigenvalue weighted by molar-refractivity contribution is 5.70. The molecule has 0 saturated carbocycles. The minimum absolute atomic E-state index is 0.139. The van der Waals surface area contributed by atoms with Crippen LogP contribution in [0.4, 0.5) is 4.79 Å². The van der Waals surface area contributed by atoms with Crippen molar-refractivity contribution < 1.29 is 4.79 Å². The average Bonchev–Trinajstić information content (AvgIpc) is 1.65. The molecule has 2 N–H and O–H groups in total. The van der Waals surface area contributed by atoms with E-state index in [0.29, 0.717) is 0 Å². The van der Waals surface area contributed by atoms with E-state index in [2.05, 4.69) is 5.32 Å². The molecule has 1 radical (unpaired) electrons. The maximum Gasteiger partial charge on any atom is 0.333 e. The van der Waals surface area contributed by atoms with Crippen molar-refractivity contribution in [1.82, 2.24) is 11.1 Å². The molecule has 0 saturated heterocycles. The van der Waals surface area contributed by atoms with Crippen LogP contribution in [0.3, 0.4) is 0 Å². The zero-order valence-electron chi connectivity index (χ0n) is 5.19. The van der Waals surface area contributed by atoms with E-state index in [4.69, 9.17) is 5.73 Å². The second-order valence-corrected chi connectivity index (χ2v) is 1.78. The Morgan fingerprint density at radius 2 is 2.38 bits per heavy atom. The number of rotatable bonds is 2. The summed E-state index contributed by atoms with van der Waals surface area (Å²) < 4.78 is 0. The van der Waals surface area contributed by atoms with Crippen molar-refractivity contribution in [2.75, 3.05) is 0 Å². The molecular weight excluding hydrogens is 104 g/mol. The molecule has 47 valence electrons. The van der Waals surface area contributed by atoms with Crippen LogP contribution in [0.25, 0.3) is 0 Å². The van der Waals surface area contributed by atoms with Crippen molar-refractivity contribution in [3.63, 3.8) is 0 Å². The minimum atomic E-state index is -0.695. The molecule has 0 fully saturated rings. The van der Waals surface area contributed by atoms with Gasteiger partial charge in [-0.1, -0.05) is 6.92 Å². The fourth-order valence-electron chi connectivity index (χ4n) is 0.326. The van der Waals surface area contributed by atoms with Gasteiger partial charge in [-0.05, 0) is 13.3 Å². The predicted molar refractivity (Wildman–Crippen MR) is 31.4 cm³/mol. The zero-order chi connectivity index (χ0) is 6.57. The molecule has 0 heterocycles. The number of urea groups is 1. The van der Waals surface area contributed by atoms with E-state index in [-0.39, 0.29) is 6.04 Å². The first-order valence-corrected chi connectivity index (χ1v) is 2.69. The number of hydrogen-bond donors (Lipinski definition) is 1. The highest BCUT2D eigenvalue weighted by atomic mass is 16.2. The van der Waals surface area contributed by atoms with Crippen molar-refractivity contribution in [2.24, 2.45) is 0 Å². The van der Waals surface area contributed by atoms with Crippen LogP contribution in [0.1, 0.15) is 20.3 Å². The first-order valence-electron chi connectivity index (χ1n) is 2.69. The normalized spacial score (nSPS) is 12.8. The lowest BCUT2D eigenvalue weighted by atomic mass is 10.3. The summed E-state index contributed by atoms with van der Waals surface area (Å²) in [6.45, 7) is 3.83. The summed E-state index contributed by atoms with van der Waals surface area (Å²) in [5.74, 6) is 0. The molecule has 0 aliphatic rings. The van der Waals surface area contributed by atoms with E-state index in [1.54, 1.807) is 0 Å². The van der Waals surface area contributed by atoms with Crippen LogP contribution >= 0.6 is 0 Å². The first kappa shape index (κ1) is 7.27. The number of carbonyl (C=O) groups is 1. The van der Waals surface area contributed by atoms with E-state index in [9.17, 15) is 4.79 Å². The second-order valence-electron chi connectivity index (χ2n) is 1.78. The molecule has 0 aromatic carbocycles. The number of nitrogens with one attached hydrogen (secondary N) is 2. The molecule has 0 bridgehead atoms. The van der Waals surface area contributed by atoms with Gasteiger partial charge in [0.1, 0.15) is 0 Å². The van der Waals surface area contributed by atoms with Gasteiger partial charge in [0.05, 0.1) is 0 Å². The highest BCUT2D eigenvalue weighted by Crippen LogP contribution is 1.85. The van der Waals surface area contributed by atoms with Crippen molar-refractivity contribution >= 4 is 6.03 Å². The lowest BCUT2D eigenvalue weighted by Gasteiger charge is -2.05. The third-order valence-corrected chi connectivity index (χ3v) is 0.990. The van der Waals surface area contributed by atoms with Crippen LogP contribution in [0, 0.1) is 0 Å². The lowest BCUT2D eigenvalue weighted by Crippen LogP contribution is -2.31. The van der Waals surface area contributed by atoms with Crippen LogP contribution in [-0.2, 0) is 0 Å². The van der Waals surface area contributed by atoms with Crippen LogP contribution in [-0.4, -0.2) is 12.1 Å². The van der Waals surface area contributed by atoms with Crippen LogP contribution in [0.15, 0.2) is 0 Å². The van der Waals surface area contributed by atoms with Gasteiger partial charge in [-0.25, -0.2) is 10.5 Å². The summed E-state index contributed by atoms with van der Waals surface area (Å²) in [5, 5.41) is 2.42. The Kier molecular flexibility index (Phi) is 2.99. The summed E-state index contributed by atoms with van der Waals surface area (Å²) in [7, 11) is 0. The fourth-order valence-corrected chi connectivity index (χ4v) is 0.326. The van der Waals surface area contributed by atoms with Gasteiger partial charge in [-0.2, -0.15) is 0 Å². The average molecular weight is 115 g/mol. The monoisotopic (exact) mass is 115 g/mol. The van der Waals surface area contributed by atoms with E-state index < -0.39 is 6.03 Å². The van der Waals surface area contributed by atoms with Crippen molar-refractivity contribution in [2.45, 2.75) is 26.3 Å². The molecule has 0 aliphatic heterocycles. The Morgan fingerprint density at radius 1 is 1.88 bits per heavy atom. The predicted octanol–water partition coefficient (Wildman–Crippen LogP) is 0.777. The van der Waals surface area contributed by atoms with E-state index >= 15 is 0 Å². The Hall–Kier alpha value is -0.730. The van der Waals surface area contributed by atoms with E-state index in [1.807, 2.05) is 13.8 Å². The minimum Gasteiger partial charge on any atom is -0.334 e. The molecule has 1 unspecified atom stereocenters. The van der Waals surface area contributed by atoms with Gasteiger partial charge < -0.3 is 5.32 Å². The van der Waals surface area contributed by atoms with Gasteiger partial charge in [-0.15, -0.1) is 0 Å². The lowest BCUT2D eigenvalue weighted by molar-refractivity contribution is 0.244. The van der Waals surface area contributed by atoms with Gasteiger partial charge in [0.15, 0.2) is 0 Å². The fraction of sp³-hybridized carbons (Fsp3) is 0.800. The van der Waals surface area contributed by atoms with E-state index in [1.165, 1.54) is 0 Å².